The van der Waals surface area contributed by atoms with Gasteiger partial charge in [0.1, 0.15) is 5.78 Å². The predicted octanol–water partition coefficient (Wildman–Crippen LogP) is 2.00. The monoisotopic (exact) mass is 156 g/mol. The molecule has 2 saturated heterocycles. The highest BCUT2D eigenvalue weighted by Crippen LogP contribution is 2.39. The first-order valence-corrected chi connectivity index (χ1v) is 4.96. The van der Waals surface area contributed by atoms with Gasteiger partial charge < -0.3 is 0 Å². The Morgan fingerprint density at radius 2 is 1.80 bits per heavy atom. The summed E-state index contributed by atoms with van der Waals surface area (Å²) in [4.78, 5) is 11.1. The molecule has 0 saturated carbocycles. The van der Waals surface area contributed by atoms with Crippen LogP contribution in [0.2, 0.25) is 0 Å². The van der Waals surface area contributed by atoms with Crippen LogP contribution in [0.3, 0.4) is 0 Å². The van der Waals surface area contributed by atoms with Crippen molar-refractivity contribution in [3.05, 3.63) is 0 Å². The Balaban J connectivity index is 2.05. The number of carbonyl (C=O) groups excluding carboxylic acids is 1. The number of rotatable bonds is 0. The molecule has 0 N–H and O–H groups in total. The molecule has 1 nitrogen and oxygen atoms in total. The molecule has 0 spiro atoms. The van der Waals surface area contributed by atoms with Crippen molar-refractivity contribution in [1.82, 2.24) is 0 Å². The van der Waals surface area contributed by atoms with Gasteiger partial charge in [-0.3, -0.25) is 4.79 Å². The maximum Gasteiger partial charge on any atom is 0.135 e. The van der Waals surface area contributed by atoms with Crippen LogP contribution >= 0.6 is 11.8 Å². The van der Waals surface area contributed by atoms with Gasteiger partial charge in [0, 0.05) is 23.3 Å². The number of ketones is 1. The Kier molecular flexibility index (Phi) is 1.73. The number of thioether (sulfide) groups is 1. The molecule has 0 radical (unpaired) electrons. The minimum atomic E-state index is 0.508. The van der Waals surface area contributed by atoms with E-state index in [1.165, 1.54) is 19.3 Å². The van der Waals surface area contributed by atoms with E-state index < -0.39 is 0 Å². The van der Waals surface area contributed by atoms with E-state index in [1.54, 1.807) is 0 Å². The van der Waals surface area contributed by atoms with Crippen LogP contribution in [0, 0.1) is 0 Å². The van der Waals surface area contributed by atoms with Crippen LogP contribution in [0.5, 0.6) is 0 Å². The number of hydrogen-bond donors (Lipinski definition) is 0. The third-order valence-electron chi connectivity index (χ3n) is 2.35. The molecule has 56 valence electrons. The van der Waals surface area contributed by atoms with Gasteiger partial charge in [-0.1, -0.05) is 6.42 Å². The molecule has 2 aliphatic heterocycles. The molecule has 2 atom stereocenters. The molecule has 2 heterocycles. The zero-order chi connectivity index (χ0) is 6.97. The van der Waals surface area contributed by atoms with Gasteiger partial charge in [0.25, 0.3) is 0 Å². The number of carbonyl (C=O) groups is 1. The molecule has 0 aliphatic carbocycles. The quantitative estimate of drug-likeness (QED) is 0.533. The van der Waals surface area contributed by atoms with E-state index >= 15 is 0 Å². The molecule has 2 rings (SSSR count). The largest absolute Gasteiger partial charge is 0.300 e. The molecule has 0 aromatic carbocycles. The summed E-state index contributed by atoms with van der Waals surface area (Å²) in [5, 5.41) is 1.39. The summed E-state index contributed by atoms with van der Waals surface area (Å²) < 4.78 is 0. The SMILES string of the molecule is O=C1CC2CCCC(C1)S2. The maximum absolute atomic E-state index is 11.1. The van der Waals surface area contributed by atoms with Crippen LogP contribution in [-0.2, 0) is 4.79 Å². The lowest BCUT2D eigenvalue weighted by molar-refractivity contribution is -0.119. The minimum absolute atomic E-state index is 0.508. The van der Waals surface area contributed by atoms with Crippen LogP contribution in [0.25, 0.3) is 0 Å². The highest BCUT2D eigenvalue weighted by atomic mass is 32.2. The van der Waals surface area contributed by atoms with Crippen LogP contribution < -0.4 is 0 Å². The topological polar surface area (TPSA) is 17.1 Å². The van der Waals surface area contributed by atoms with Gasteiger partial charge >= 0.3 is 0 Å². The molecule has 2 fully saturated rings. The second-order valence-electron chi connectivity index (χ2n) is 3.26. The van der Waals surface area contributed by atoms with Gasteiger partial charge in [-0.2, -0.15) is 11.8 Å². The molecule has 0 aromatic heterocycles. The Morgan fingerprint density at radius 1 is 1.20 bits per heavy atom. The third kappa shape index (κ3) is 1.22. The van der Waals surface area contributed by atoms with E-state index in [9.17, 15) is 4.79 Å². The van der Waals surface area contributed by atoms with Crippen LogP contribution in [0.4, 0.5) is 0 Å². The molecule has 2 aliphatic rings. The highest BCUT2D eigenvalue weighted by molar-refractivity contribution is 8.00. The van der Waals surface area contributed by atoms with Crippen molar-refractivity contribution in [3.8, 4) is 0 Å². The second kappa shape index (κ2) is 2.57. The van der Waals surface area contributed by atoms with E-state index in [0.717, 1.165) is 12.8 Å². The van der Waals surface area contributed by atoms with Crippen molar-refractivity contribution in [1.29, 1.82) is 0 Å². The lowest BCUT2D eigenvalue weighted by atomic mass is 9.98. The van der Waals surface area contributed by atoms with E-state index in [1.807, 2.05) is 0 Å². The van der Waals surface area contributed by atoms with Crippen molar-refractivity contribution in [2.75, 3.05) is 0 Å². The fourth-order valence-corrected chi connectivity index (χ4v) is 3.59. The van der Waals surface area contributed by atoms with Crippen LogP contribution in [-0.4, -0.2) is 16.3 Å². The molecular formula is C8H12OS. The van der Waals surface area contributed by atoms with Crippen molar-refractivity contribution in [2.45, 2.75) is 42.6 Å². The van der Waals surface area contributed by atoms with E-state index in [0.29, 0.717) is 16.3 Å². The summed E-state index contributed by atoms with van der Waals surface area (Å²) in [5.74, 6) is 0.508. The van der Waals surface area contributed by atoms with Gasteiger partial charge in [-0.25, -0.2) is 0 Å². The zero-order valence-corrected chi connectivity index (χ0v) is 6.82. The van der Waals surface area contributed by atoms with Crippen LogP contribution in [0.1, 0.15) is 32.1 Å². The van der Waals surface area contributed by atoms with Crippen molar-refractivity contribution in [2.24, 2.45) is 0 Å². The van der Waals surface area contributed by atoms with Crippen molar-refractivity contribution >= 4 is 17.5 Å². The predicted molar refractivity (Wildman–Crippen MR) is 43.3 cm³/mol. The minimum Gasteiger partial charge on any atom is -0.300 e. The fraction of sp³-hybridized carbons (Fsp3) is 0.875. The molecular weight excluding hydrogens is 144 g/mol. The first kappa shape index (κ1) is 6.71. The van der Waals surface area contributed by atoms with E-state index in [4.69, 9.17) is 0 Å². The molecule has 0 aromatic rings. The first-order chi connectivity index (χ1) is 4.84. The van der Waals surface area contributed by atoms with Gasteiger partial charge in [-0.05, 0) is 12.8 Å². The number of fused-ring (bicyclic) bond motifs is 2. The number of Topliss-reactive ketones (excluding diaryl/α,β-unsaturated/α-hetero) is 1. The Bertz CT molecular complexity index is 141. The summed E-state index contributed by atoms with van der Waals surface area (Å²) >= 11 is 2.06. The molecule has 2 heteroatoms. The van der Waals surface area contributed by atoms with Gasteiger partial charge in [0.05, 0.1) is 0 Å². The average molecular weight is 156 g/mol. The maximum atomic E-state index is 11.1. The van der Waals surface area contributed by atoms with E-state index in [2.05, 4.69) is 11.8 Å². The first-order valence-electron chi connectivity index (χ1n) is 4.02. The van der Waals surface area contributed by atoms with Gasteiger partial charge in [0.2, 0.25) is 0 Å². The smallest absolute Gasteiger partial charge is 0.135 e. The lowest BCUT2D eigenvalue weighted by Crippen LogP contribution is -2.28. The standard InChI is InChI=1S/C8H12OS/c9-6-4-7-2-1-3-8(5-6)10-7/h7-8H,1-5H2. The molecule has 10 heavy (non-hydrogen) atoms. The number of hydrogen-bond acceptors (Lipinski definition) is 2. The Labute approximate surface area is 65.6 Å². The zero-order valence-electron chi connectivity index (χ0n) is 6.01. The summed E-state index contributed by atoms with van der Waals surface area (Å²) in [6.07, 6.45) is 5.65. The van der Waals surface area contributed by atoms with E-state index in [-0.39, 0.29) is 0 Å². The average Bonchev–Trinajstić information content (AvgIpc) is 1.85. The van der Waals surface area contributed by atoms with Crippen LogP contribution in [0.15, 0.2) is 0 Å². The highest BCUT2D eigenvalue weighted by Gasteiger charge is 2.30. The van der Waals surface area contributed by atoms with Gasteiger partial charge in [0.15, 0.2) is 0 Å². The fourth-order valence-electron chi connectivity index (χ4n) is 1.87. The van der Waals surface area contributed by atoms with Crippen molar-refractivity contribution < 1.29 is 4.79 Å². The van der Waals surface area contributed by atoms with Gasteiger partial charge in [-0.15, -0.1) is 0 Å². The normalized spacial score (nSPS) is 39.8. The summed E-state index contributed by atoms with van der Waals surface area (Å²) in [5.41, 5.74) is 0. The third-order valence-corrected chi connectivity index (χ3v) is 3.92. The summed E-state index contributed by atoms with van der Waals surface area (Å²) in [7, 11) is 0. The summed E-state index contributed by atoms with van der Waals surface area (Å²) in [6.45, 7) is 0. The Morgan fingerprint density at radius 3 is 2.40 bits per heavy atom. The lowest BCUT2D eigenvalue weighted by Gasteiger charge is -2.32. The molecule has 2 unspecified atom stereocenters. The summed E-state index contributed by atoms with van der Waals surface area (Å²) in [6, 6.07) is 0. The molecule has 0 amide bonds. The molecule has 2 bridgehead atoms. The second-order valence-corrected chi connectivity index (χ2v) is 4.86. The Hall–Kier alpha value is 0.0200. The van der Waals surface area contributed by atoms with Crippen molar-refractivity contribution in [3.63, 3.8) is 0 Å².